The van der Waals surface area contributed by atoms with Crippen molar-refractivity contribution in [2.24, 2.45) is 0 Å². The molecule has 0 atom stereocenters. The minimum Gasteiger partial charge on any atom is -0.508 e. The van der Waals surface area contributed by atoms with Gasteiger partial charge in [-0.25, -0.2) is 0 Å². The van der Waals surface area contributed by atoms with Gasteiger partial charge in [0, 0.05) is 35.6 Å². The summed E-state index contributed by atoms with van der Waals surface area (Å²) in [6.07, 6.45) is 3.84. The van der Waals surface area contributed by atoms with Crippen molar-refractivity contribution < 1.29 is 15.0 Å². The summed E-state index contributed by atoms with van der Waals surface area (Å²) in [6.45, 7) is 0.511. The zero-order valence-electron chi connectivity index (χ0n) is 13.0. The Morgan fingerprint density at radius 2 is 1.79 bits per heavy atom. The summed E-state index contributed by atoms with van der Waals surface area (Å²) in [5.41, 5.74) is 2.80. The molecule has 0 saturated heterocycles. The molecule has 5 heteroatoms. The molecule has 122 valence electrons. The minimum absolute atomic E-state index is 0.170. The van der Waals surface area contributed by atoms with Crippen LogP contribution in [0.3, 0.4) is 0 Å². The molecule has 4 N–H and O–H groups in total. The van der Waals surface area contributed by atoms with Gasteiger partial charge in [0.15, 0.2) is 0 Å². The molecule has 24 heavy (non-hydrogen) atoms. The second-order valence-corrected chi connectivity index (χ2v) is 5.53. The van der Waals surface area contributed by atoms with Crippen LogP contribution in [0.25, 0.3) is 17.0 Å². The number of hydrogen-bond donors (Lipinski definition) is 4. The molecule has 0 spiro atoms. The number of carbonyl (C=O) groups excluding carboxylic acids is 1. The van der Waals surface area contributed by atoms with E-state index in [1.165, 1.54) is 6.08 Å². The fourth-order valence-electron chi connectivity index (χ4n) is 2.45. The normalized spacial score (nSPS) is 11.2. The second kappa shape index (κ2) is 6.91. The number of aromatic hydroxyl groups is 2. The van der Waals surface area contributed by atoms with Crippen molar-refractivity contribution >= 4 is 22.9 Å². The Balaban J connectivity index is 1.51. The molecule has 3 rings (SSSR count). The Bertz CT molecular complexity index is 879. The molecule has 0 radical (unpaired) electrons. The van der Waals surface area contributed by atoms with Crippen molar-refractivity contribution in [3.05, 3.63) is 65.9 Å². The molecule has 0 saturated carbocycles. The lowest BCUT2D eigenvalue weighted by Crippen LogP contribution is -2.23. The van der Waals surface area contributed by atoms with Crippen LogP contribution in [0.1, 0.15) is 11.3 Å². The van der Waals surface area contributed by atoms with Gasteiger partial charge in [-0.3, -0.25) is 4.79 Å². The molecule has 0 bridgehead atoms. The first kappa shape index (κ1) is 15.7. The van der Waals surface area contributed by atoms with Gasteiger partial charge in [0.25, 0.3) is 0 Å². The Labute approximate surface area is 139 Å². The number of phenolic OH excluding ortho intramolecular Hbond substituents is 2. The molecular formula is C19H18N2O3. The van der Waals surface area contributed by atoms with Crippen LogP contribution in [-0.4, -0.2) is 27.6 Å². The third-order valence-corrected chi connectivity index (χ3v) is 3.67. The van der Waals surface area contributed by atoms with Crippen LogP contribution in [0.5, 0.6) is 11.5 Å². The fourth-order valence-corrected chi connectivity index (χ4v) is 2.45. The zero-order chi connectivity index (χ0) is 16.9. The Morgan fingerprint density at radius 3 is 2.58 bits per heavy atom. The average molecular weight is 322 g/mol. The van der Waals surface area contributed by atoms with Gasteiger partial charge in [0.05, 0.1) is 0 Å². The average Bonchev–Trinajstić information content (AvgIpc) is 2.96. The van der Waals surface area contributed by atoms with E-state index in [1.54, 1.807) is 42.5 Å². The number of nitrogens with one attached hydrogen (secondary N) is 2. The SMILES string of the molecule is O=C(/C=C/c1ccc(O)cc1)NCCc1cc2cc(O)ccc2[nH]1. The number of amides is 1. The summed E-state index contributed by atoms with van der Waals surface area (Å²) < 4.78 is 0. The molecule has 0 fully saturated rings. The third-order valence-electron chi connectivity index (χ3n) is 3.67. The highest BCUT2D eigenvalue weighted by Gasteiger charge is 2.02. The number of fused-ring (bicyclic) bond motifs is 1. The zero-order valence-corrected chi connectivity index (χ0v) is 13.0. The quantitative estimate of drug-likeness (QED) is 0.545. The Hall–Kier alpha value is -3.21. The Morgan fingerprint density at radius 1 is 1.04 bits per heavy atom. The first-order chi connectivity index (χ1) is 11.6. The van der Waals surface area contributed by atoms with Gasteiger partial charge >= 0.3 is 0 Å². The highest BCUT2D eigenvalue weighted by atomic mass is 16.3. The van der Waals surface area contributed by atoms with Crippen LogP contribution in [0.15, 0.2) is 54.6 Å². The molecule has 0 unspecified atom stereocenters. The highest BCUT2D eigenvalue weighted by Crippen LogP contribution is 2.20. The third kappa shape index (κ3) is 3.95. The Kier molecular flexibility index (Phi) is 4.52. The topological polar surface area (TPSA) is 85.3 Å². The lowest BCUT2D eigenvalue weighted by molar-refractivity contribution is -0.116. The van der Waals surface area contributed by atoms with Crippen molar-refractivity contribution in [1.82, 2.24) is 10.3 Å². The number of benzene rings is 2. The number of phenols is 2. The van der Waals surface area contributed by atoms with Crippen LogP contribution < -0.4 is 5.32 Å². The van der Waals surface area contributed by atoms with Gasteiger partial charge in [-0.15, -0.1) is 0 Å². The maximum Gasteiger partial charge on any atom is 0.244 e. The van der Waals surface area contributed by atoms with Crippen LogP contribution in [0.4, 0.5) is 0 Å². The summed E-state index contributed by atoms with van der Waals surface area (Å²) in [4.78, 5) is 15.1. The van der Waals surface area contributed by atoms with Crippen molar-refractivity contribution in [2.75, 3.05) is 6.54 Å². The smallest absolute Gasteiger partial charge is 0.244 e. The first-order valence-corrected chi connectivity index (χ1v) is 7.66. The van der Waals surface area contributed by atoms with E-state index in [2.05, 4.69) is 10.3 Å². The number of aromatic nitrogens is 1. The van der Waals surface area contributed by atoms with Gasteiger partial charge in [-0.2, -0.15) is 0 Å². The summed E-state index contributed by atoms with van der Waals surface area (Å²) in [6, 6.07) is 13.8. The van der Waals surface area contributed by atoms with Gasteiger partial charge in [0.1, 0.15) is 11.5 Å². The largest absolute Gasteiger partial charge is 0.508 e. The van der Waals surface area contributed by atoms with Crippen molar-refractivity contribution in [3.8, 4) is 11.5 Å². The monoisotopic (exact) mass is 322 g/mol. The summed E-state index contributed by atoms with van der Waals surface area (Å²) >= 11 is 0. The molecule has 2 aromatic carbocycles. The van der Waals surface area contributed by atoms with Crippen molar-refractivity contribution in [1.29, 1.82) is 0 Å². The summed E-state index contributed by atoms with van der Waals surface area (Å²) in [7, 11) is 0. The van der Waals surface area contributed by atoms with Gasteiger partial charge in [0.2, 0.25) is 5.91 Å². The maximum atomic E-state index is 11.8. The number of rotatable bonds is 5. The molecular weight excluding hydrogens is 304 g/mol. The lowest BCUT2D eigenvalue weighted by Gasteiger charge is -2.00. The number of H-pyrrole nitrogens is 1. The van der Waals surface area contributed by atoms with E-state index in [0.29, 0.717) is 13.0 Å². The summed E-state index contributed by atoms with van der Waals surface area (Å²) in [5.74, 6) is 0.265. The number of hydrogen-bond acceptors (Lipinski definition) is 3. The van der Waals surface area contributed by atoms with E-state index in [4.69, 9.17) is 0 Å². The van der Waals surface area contributed by atoms with Crippen LogP contribution in [0.2, 0.25) is 0 Å². The van der Waals surface area contributed by atoms with Gasteiger partial charge in [-0.05, 0) is 48.0 Å². The lowest BCUT2D eigenvalue weighted by atomic mass is 10.2. The van der Waals surface area contributed by atoms with E-state index < -0.39 is 0 Å². The molecule has 3 aromatic rings. The molecule has 1 amide bonds. The predicted octanol–water partition coefficient (Wildman–Crippen LogP) is 2.95. The fraction of sp³-hybridized carbons (Fsp3) is 0.105. The van der Waals surface area contributed by atoms with Gasteiger partial charge in [-0.1, -0.05) is 12.1 Å². The van der Waals surface area contributed by atoms with E-state index in [0.717, 1.165) is 22.2 Å². The molecule has 0 aliphatic rings. The first-order valence-electron chi connectivity index (χ1n) is 7.66. The van der Waals surface area contributed by atoms with Crippen LogP contribution >= 0.6 is 0 Å². The minimum atomic E-state index is -0.170. The van der Waals surface area contributed by atoms with Gasteiger partial charge < -0.3 is 20.5 Å². The molecule has 5 nitrogen and oxygen atoms in total. The van der Waals surface area contributed by atoms with Crippen molar-refractivity contribution in [2.45, 2.75) is 6.42 Å². The van der Waals surface area contributed by atoms with E-state index >= 15 is 0 Å². The molecule has 1 heterocycles. The van der Waals surface area contributed by atoms with Crippen molar-refractivity contribution in [3.63, 3.8) is 0 Å². The molecule has 1 aromatic heterocycles. The number of carbonyl (C=O) groups is 1. The van der Waals surface area contributed by atoms with E-state index in [9.17, 15) is 15.0 Å². The number of aromatic amines is 1. The molecule has 0 aliphatic heterocycles. The van der Waals surface area contributed by atoms with E-state index in [-0.39, 0.29) is 17.4 Å². The second-order valence-electron chi connectivity index (χ2n) is 5.53. The van der Waals surface area contributed by atoms with Crippen LogP contribution in [0, 0.1) is 0 Å². The van der Waals surface area contributed by atoms with E-state index in [1.807, 2.05) is 12.1 Å². The maximum absolute atomic E-state index is 11.8. The summed E-state index contributed by atoms with van der Waals surface area (Å²) in [5, 5.41) is 22.4. The highest BCUT2D eigenvalue weighted by molar-refractivity contribution is 5.91. The standard InChI is InChI=1S/C19H18N2O3/c22-16-4-1-13(2-5-16)3-8-19(24)20-10-9-15-11-14-12-17(23)6-7-18(14)21-15/h1-8,11-12,21-23H,9-10H2,(H,20,24)/b8-3+. The predicted molar refractivity (Wildman–Crippen MR) is 93.8 cm³/mol. The van der Waals surface area contributed by atoms with Crippen LogP contribution in [-0.2, 0) is 11.2 Å². The molecule has 0 aliphatic carbocycles.